The Morgan fingerprint density at radius 2 is 1.11 bits per heavy atom. The standard InChI is InChI=1S/C42H22N4/c1-2-9-24-23(8-1)16-18-34-37(24)39-35(22-30-25-10-3-5-14-31(25)46-32-15-6-4-11-27(32)38(39)42(30)46)45(34)33-19-17-29-36-26(33)12-7-13-28(36)40-41(29)44-21-20-43-40/h1-22H. The first kappa shape index (κ1) is 23.2. The lowest BCUT2D eigenvalue weighted by Gasteiger charge is -2.13. The van der Waals surface area contributed by atoms with Gasteiger partial charge in [0, 0.05) is 66.6 Å². The van der Waals surface area contributed by atoms with E-state index in [-0.39, 0.29) is 0 Å². The summed E-state index contributed by atoms with van der Waals surface area (Å²) in [5.41, 5.74) is 11.6. The van der Waals surface area contributed by atoms with Gasteiger partial charge in [0.25, 0.3) is 0 Å². The summed E-state index contributed by atoms with van der Waals surface area (Å²) in [5, 5.41) is 12.8. The van der Waals surface area contributed by atoms with Crippen LogP contribution in [-0.4, -0.2) is 18.9 Å². The molecule has 0 spiro atoms. The fraction of sp³-hybridized carbons (Fsp3) is 0. The first-order valence-corrected chi connectivity index (χ1v) is 15.8. The molecule has 7 aromatic carbocycles. The van der Waals surface area contributed by atoms with E-state index in [1.165, 1.54) is 87.1 Å². The van der Waals surface area contributed by atoms with Gasteiger partial charge in [-0.15, -0.1) is 0 Å². The summed E-state index contributed by atoms with van der Waals surface area (Å²) in [6.07, 6.45) is 3.59. The average Bonchev–Trinajstić information content (AvgIpc) is 3.83. The molecular formula is C42H22N4. The Labute approximate surface area is 261 Å². The molecule has 0 bridgehead atoms. The Hall–Kier alpha value is -6.26. The molecule has 4 heterocycles. The van der Waals surface area contributed by atoms with Crippen LogP contribution in [0.1, 0.15) is 0 Å². The van der Waals surface area contributed by atoms with Crippen molar-refractivity contribution in [3.8, 4) is 28.2 Å². The summed E-state index contributed by atoms with van der Waals surface area (Å²) in [4.78, 5) is 9.52. The minimum atomic E-state index is 0.966. The Morgan fingerprint density at radius 1 is 0.413 bits per heavy atom. The smallest absolute Gasteiger partial charge is 0.0971 e. The monoisotopic (exact) mass is 582 g/mol. The van der Waals surface area contributed by atoms with Crippen molar-refractivity contribution in [2.45, 2.75) is 0 Å². The molecule has 1 aliphatic carbocycles. The Bertz CT molecular complexity index is 3110. The molecule has 4 nitrogen and oxygen atoms in total. The van der Waals surface area contributed by atoms with Crippen molar-refractivity contribution in [3.63, 3.8) is 0 Å². The highest BCUT2D eigenvalue weighted by Gasteiger charge is 2.28. The third kappa shape index (κ3) is 2.54. The summed E-state index contributed by atoms with van der Waals surface area (Å²) < 4.78 is 5.01. The van der Waals surface area contributed by atoms with Gasteiger partial charge in [0.05, 0.1) is 44.7 Å². The van der Waals surface area contributed by atoms with Crippen molar-refractivity contribution in [3.05, 3.63) is 134 Å². The van der Waals surface area contributed by atoms with E-state index in [1.54, 1.807) is 12.4 Å². The zero-order valence-corrected chi connectivity index (χ0v) is 24.5. The molecule has 46 heavy (non-hydrogen) atoms. The average molecular weight is 583 g/mol. The highest BCUT2D eigenvalue weighted by Crippen LogP contribution is 2.50. The topological polar surface area (TPSA) is 35.1 Å². The molecule has 4 aromatic heterocycles. The molecule has 0 saturated carbocycles. The quantitative estimate of drug-likeness (QED) is 0.193. The predicted molar refractivity (Wildman–Crippen MR) is 190 cm³/mol. The van der Waals surface area contributed by atoms with Crippen LogP contribution in [0.15, 0.2) is 134 Å². The summed E-state index contributed by atoms with van der Waals surface area (Å²) in [7, 11) is 0. The third-order valence-electron chi connectivity index (χ3n) is 10.5. The van der Waals surface area contributed by atoms with Crippen LogP contribution in [0.25, 0.3) is 110 Å². The van der Waals surface area contributed by atoms with E-state index in [9.17, 15) is 0 Å². The summed E-state index contributed by atoms with van der Waals surface area (Å²) in [5.74, 6) is 0. The van der Waals surface area contributed by atoms with Crippen molar-refractivity contribution >= 4 is 81.4 Å². The molecule has 12 rings (SSSR count). The van der Waals surface area contributed by atoms with Gasteiger partial charge in [-0.2, -0.15) is 0 Å². The predicted octanol–water partition coefficient (Wildman–Crippen LogP) is 10.7. The van der Waals surface area contributed by atoms with Gasteiger partial charge in [-0.1, -0.05) is 84.9 Å². The van der Waals surface area contributed by atoms with Crippen LogP contribution in [0, 0.1) is 0 Å². The fourth-order valence-electron chi connectivity index (χ4n) is 8.75. The number of fused-ring (bicyclic) bond motifs is 15. The lowest BCUT2D eigenvalue weighted by molar-refractivity contribution is 1.20. The maximum absolute atomic E-state index is 4.76. The van der Waals surface area contributed by atoms with Crippen LogP contribution in [0.2, 0.25) is 0 Å². The fourth-order valence-corrected chi connectivity index (χ4v) is 8.75. The van der Waals surface area contributed by atoms with Gasteiger partial charge in [0.15, 0.2) is 0 Å². The highest BCUT2D eigenvalue weighted by molar-refractivity contribution is 6.38. The van der Waals surface area contributed by atoms with E-state index in [0.29, 0.717) is 0 Å². The van der Waals surface area contributed by atoms with Gasteiger partial charge in [0.1, 0.15) is 0 Å². The first-order valence-electron chi connectivity index (χ1n) is 15.8. The minimum absolute atomic E-state index is 0.966. The largest absolute Gasteiger partial charge is 0.309 e. The van der Waals surface area contributed by atoms with Crippen molar-refractivity contribution in [1.29, 1.82) is 0 Å². The van der Waals surface area contributed by atoms with Gasteiger partial charge in [-0.25, -0.2) is 0 Å². The molecule has 11 aromatic rings. The van der Waals surface area contributed by atoms with Crippen LogP contribution in [0.4, 0.5) is 0 Å². The molecule has 1 aliphatic rings. The van der Waals surface area contributed by atoms with Crippen LogP contribution >= 0.6 is 0 Å². The van der Waals surface area contributed by atoms with Crippen LogP contribution in [-0.2, 0) is 0 Å². The molecular weight excluding hydrogens is 560 g/mol. The lowest BCUT2D eigenvalue weighted by atomic mass is 9.99. The van der Waals surface area contributed by atoms with Gasteiger partial charge < -0.3 is 8.97 Å². The van der Waals surface area contributed by atoms with Crippen molar-refractivity contribution < 1.29 is 0 Å². The molecule has 0 saturated heterocycles. The molecule has 0 atom stereocenters. The number of aromatic nitrogens is 4. The Morgan fingerprint density at radius 3 is 1.96 bits per heavy atom. The maximum Gasteiger partial charge on any atom is 0.0971 e. The van der Waals surface area contributed by atoms with E-state index in [0.717, 1.165) is 22.5 Å². The van der Waals surface area contributed by atoms with Crippen LogP contribution in [0.3, 0.4) is 0 Å². The van der Waals surface area contributed by atoms with Crippen molar-refractivity contribution in [1.82, 2.24) is 18.9 Å². The number of para-hydroxylation sites is 2. The SMILES string of the molecule is c1ccc2c(c1)ccc1c2c2c3c4ccccc4n4c5ccccc5c(cc2n1-c1ccc2c5c(cccc15)-c1nccnc1-2)c34. The number of rotatable bonds is 1. The molecule has 0 amide bonds. The van der Waals surface area contributed by atoms with E-state index >= 15 is 0 Å². The van der Waals surface area contributed by atoms with Gasteiger partial charge in [-0.05, 0) is 47.2 Å². The molecule has 0 fully saturated rings. The highest BCUT2D eigenvalue weighted by atomic mass is 15.0. The number of hydrogen-bond donors (Lipinski definition) is 0. The molecule has 210 valence electrons. The third-order valence-corrected chi connectivity index (χ3v) is 10.5. The minimum Gasteiger partial charge on any atom is -0.309 e. The van der Waals surface area contributed by atoms with E-state index in [4.69, 9.17) is 9.97 Å². The zero-order valence-electron chi connectivity index (χ0n) is 24.5. The molecule has 0 radical (unpaired) electrons. The molecule has 0 N–H and O–H groups in total. The second kappa shape index (κ2) is 7.87. The lowest BCUT2D eigenvalue weighted by Crippen LogP contribution is -1.96. The Kier molecular flexibility index (Phi) is 3.96. The molecule has 0 unspecified atom stereocenters. The second-order valence-electron chi connectivity index (χ2n) is 12.5. The van der Waals surface area contributed by atoms with Crippen molar-refractivity contribution in [2.24, 2.45) is 0 Å². The first-order chi connectivity index (χ1) is 22.9. The zero-order chi connectivity index (χ0) is 29.7. The van der Waals surface area contributed by atoms with E-state index < -0.39 is 0 Å². The van der Waals surface area contributed by atoms with Gasteiger partial charge >= 0.3 is 0 Å². The number of benzene rings is 7. The summed E-state index contributed by atoms with van der Waals surface area (Å²) >= 11 is 0. The molecule has 0 aliphatic heterocycles. The summed E-state index contributed by atoms with van der Waals surface area (Å²) in [6, 6.07) is 44.8. The van der Waals surface area contributed by atoms with Gasteiger partial charge in [0.2, 0.25) is 0 Å². The van der Waals surface area contributed by atoms with Crippen LogP contribution in [0.5, 0.6) is 0 Å². The normalized spacial score (nSPS) is 12.8. The van der Waals surface area contributed by atoms with Gasteiger partial charge in [-0.3, -0.25) is 9.97 Å². The maximum atomic E-state index is 4.76. The van der Waals surface area contributed by atoms with E-state index in [1.807, 2.05) is 0 Å². The van der Waals surface area contributed by atoms with E-state index in [2.05, 4.69) is 130 Å². The van der Waals surface area contributed by atoms with Crippen molar-refractivity contribution in [2.75, 3.05) is 0 Å². The molecule has 4 heteroatoms. The number of nitrogens with zero attached hydrogens (tertiary/aromatic N) is 4. The van der Waals surface area contributed by atoms with Crippen LogP contribution < -0.4 is 0 Å². The Balaban J connectivity index is 1.37. The second-order valence-corrected chi connectivity index (χ2v) is 12.5. The number of hydrogen-bond acceptors (Lipinski definition) is 2. The summed E-state index contributed by atoms with van der Waals surface area (Å²) in [6.45, 7) is 0.